The molecule has 2 aromatic carbocycles. The molecule has 3 nitrogen and oxygen atoms in total. The van der Waals surface area contributed by atoms with Crippen molar-refractivity contribution in [2.45, 2.75) is 38.6 Å². The molecule has 0 radical (unpaired) electrons. The lowest BCUT2D eigenvalue weighted by Crippen LogP contribution is -2.31. The van der Waals surface area contributed by atoms with E-state index in [4.69, 9.17) is 4.74 Å². The Morgan fingerprint density at radius 2 is 1.83 bits per heavy atom. The highest BCUT2D eigenvalue weighted by atomic mass is 19.1. The monoisotopic (exact) mass is 327 g/mol. The van der Waals surface area contributed by atoms with E-state index in [9.17, 15) is 9.18 Å². The molecule has 0 fully saturated rings. The summed E-state index contributed by atoms with van der Waals surface area (Å²) in [7, 11) is 0. The average Bonchev–Trinajstić information content (AvgIpc) is 2.61. The van der Waals surface area contributed by atoms with Crippen molar-refractivity contribution >= 4 is 5.91 Å². The number of nitrogens with one attached hydrogen (secondary N) is 1. The number of aryl methyl sites for hydroxylation is 2. The minimum Gasteiger partial charge on any atom is -0.484 e. The van der Waals surface area contributed by atoms with Crippen LogP contribution in [0.1, 0.15) is 42.5 Å². The largest absolute Gasteiger partial charge is 0.484 e. The van der Waals surface area contributed by atoms with Crippen molar-refractivity contribution in [3.63, 3.8) is 0 Å². The lowest BCUT2D eigenvalue weighted by Gasteiger charge is -2.20. The van der Waals surface area contributed by atoms with Crippen LogP contribution in [0.15, 0.2) is 42.5 Å². The van der Waals surface area contributed by atoms with Gasteiger partial charge in [-0.3, -0.25) is 4.79 Å². The number of carbonyl (C=O) groups is 1. The van der Waals surface area contributed by atoms with Gasteiger partial charge in [-0.2, -0.15) is 0 Å². The SMILES string of the molecule is CC(NC(=O)COc1ccc(F)cc1)c1ccc2c(c1)CCCC2. The number of carbonyl (C=O) groups excluding carboxylic acids is 1. The number of hydrogen-bond acceptors (Lipinski definition) is 2. The molecule has 24 heavy (non-hydrogen) atoms. The van der Waals surface area contributed by atoms with E-state index in [1.807, 2.05) is 6.92 Å². The molecule has 0 spiro atoms. The first-order valence-electron chi connectivity index (χ1n) is 8.41. The Balaban J connectivity index is 1.55. The van der Waals surface area contributed by atoms with Gasteiger partial charge < -0.3 is 10.1 Å². The Bertz CT molecular complexity index is 712. The van der Waals surface area contributed by atoms with Crippen LogP contribution in [0.2, 0.25) is 0 Å². The number of halogens is 1. The molecule has 1 amide bonds. The summed E-state index contributed by atoms with van der Waals surface area (Å²) in [4.78, 5) is 12.0. The standard InChI is InChI=1S/C20H22FNO2/c1-14(16-7-6-15-4-2-3-5-17(15)12-16)22-20(23)13-24-19-10-8-18(21)9-11-19/h6-12,14H,2-5,13H2,1H3,(H,22,23). The van der Waals surface area contributed by atoms with E-state index in [1.165, 1.54) is 48.2 Å². The summed E-state index contributed by atoms with van der Waals surface area (Å²) in [6.45, 7) is 1.89. The van der Waals surface area contributed by atoms with E-state index in [2.05, 4.69) is 23.5 Å². The summed E-state index contributed by atoms with van der Waals surface area (Å²) in [5.74, 6) is -0.0367. The van der Waals surface area contributed by atoms with Gasteiger partial charge in [0.15, 0.2) is 6.61 Å². The number of rotatable bonds is 5. The van der Waals surface area contributed by atoms with Gasteiger partial charge >= 0.3 is 0 Å². The molecule has 0 bridgehead atoms. The fraction of sp³-hybridized carbons (Fsp3) is 0.350. The van der Waals surface area contributed by atoms with E-state index in [0.29, 0.717) is 5.75 Å². The highest BCUT2D eigenvalue weighted by Gasteiger charge is 2.14. The van der Waals surface area contributed by atoms with Crippen LogP contribution in [0.3, 0.4) is 0 Å². The summed E-state index contributed by atoms with van der Waals surface area (Å²) in [6.07, 6.45) is 4.78. The summed E-state index contributed by atoms with van der Waals surface area (Å²) < 4.78 is 18.2. The zero-order valence-electron chi connectivity index (χ0n) is 13.8. The second kappa shape index (κ2) is 7.47. The highest BCUT2D eigenvalue weighted by molar-refractivity contribution is 5.78. The summed E-state index contributed by atoms with van der Waals surface area (Å²) >= 11 is 0. The van der Waals surface area contributed by atoms with Crippen LogP contribution in [0.4, 0.5) is 4.39 Å². The Morgan fingerprint density at radius 1 is 1.12 bits per heavy atom. The fourth-order valence-corrected chi connectivity index (χ4v) is 3.07. The Morgan fingerprint density at radius 3 is 2.58 bits per heavy atom. The minimum absolute atomic E-state index is 0.0680. The van der Waals surface area contributed by atoms with Gasteiger partial charge in [0, 0.05) is 0 Å². The second-order valence-corrected chi connectivity index (χ2v) is 6.27. The van der Waals surface area contributed by atoms with E-state index in [1.54, 1.807) is 0 Å². The van der Waals surface area contributed by atoms with Crippen molar-refractivity contribution in [2.75, 3.05) is 6.61 Å². The molecule has 0 saturated carbocycles. The van der Waals surface area contributed by atoms with Crippen LogP contribution in [-0.2, 0) is 17.6 Å². The predicted octanol–water partition coefficient (Wildman–Crippen LogP) is 3.96. The van der Waals surface area contributed by atoms with Crippen LogP contribution in [0.25, 0.3) is 0 Å². The van der Waals surface area contributed by atoms with Crippen LogP contribution in [0.5, 0.6) is 5.75 Å². The Hall–Kier alpha value is -2.36. The molecule has 3 rings (SSSR count). The van der Waals surface area contributed by atoms with Crippen LogP contribution in [-0.4, -0.2) is 12.5 Å². The van der Waals surface area contributed by atoms with Gasteiger partial charge in [0.25, 0.3) is 5.91 Å². The Kier molecular flexibility index (Phi) is 5.14. The molecule has 0 heterocycles. The molecular formula is C20H22FNO2. The molecule has 1 atom stereocenters. The van der Waals surface area contributed by atoms with E-state index >= 15 is 0 Å². The normalized spacial score (nSPS) is 14.6. The maximum absolute atomic E-state index is 12.8. The summed E-state index contributed by atoms with van der Waals surface area (Å²) in [5.41, 5.74) is 3.95. The maximum atomic E-state index is 12.8. The minimum atomic E-state index is -0.326. The third-order valence-corrected chi connectivity index (χ3v) is 4.43. The van der Waals surface area contributed by atoms with Crippen molar-refractivity contribution < 1.29 is 13.9 Å². The third-order valence-electron chi connectivity index (χ3n) is 4.43. The number of ether oxygens (including phenoxy) is 1. The van der Waals surface area contributed by atoms with Crippen molar-refractivity contribution in [1.82, 2.24) is 5.32 Å². The van der Waals surface area contributed by atoms with Crippen molar-refractivity contribution in [2.24, 2.45) is 0 Å². The van der Waals surface area contributed by atoms with Gasteiger partial charge in [-0.05, 0) is 73.6 Å². The smallest absolute Gasteiger partial charge is 0.258 e. The van der Waals surface area contributed by atoms with Crippen molar-refractivity contribution in [1.29, 1.82) is 0 Å². The van der Waals surface area contributed by atoms with Gasteiger partial charge in [-0.1, -0.05) is 18.2 Å². The lowest BCUT2D eigenvalue weighted by atomic mass is 9.89. The molecule has 0 saturated heterocycles. The third kappa shape index (κ3) is 4.13. The van der Waals surface area contributed by atoms with Crippen LogP contribution < -0.4 is 10.1 Å². The van der Waals surface area contributed by atoms with Crippen molar-refractivity contribution in [3.8, 4) is 5.75 Å². The molecule has 1 N–H and O–H groups in total. The van der Waals surface area contributed by atoms with Gasteiger partial charge in [0.1, 0.15) is 11.6 Å². The zero-order valence-corrected chi connectivity index (χ0v) is 13.8. The van der Waals surface area contributed by atoms with E-state index in [-0.39, 0.29) is 24.4 Å². The molecule has 1 aliphatic rings. The topological polar surface area (TPSA) is 38.3 Å². The number of benzene rings is 2. The molecule has 4 heteroatoms. The number of amides is 1. The van der Waals surface area contributed by atoms with E-state index < -0.39 is 0 Å². The van der Waals surface area contributed by atoms with Crippen LogP contribution >= 0.6 is 0 Å². The average molecular weight is 327 g/mol. The summed E-state index contributed by atoms with van der Waals surface area (Å²) in [5, 5.41) is 2.95. The quantitative estimate of drug-likeness (QED) is 0.903. The molecule has 126 valence electrons. The van der Waals surface area contributed by atoms with Gasteiger partial charge in [-0.15, -0.1) is 0 Å². The fourth-order valence-electron chi connectivity index (χ4n) is 3.07. The second-order valence-electron chi connectivity index (χ2n) is 6.27. The molecule has 0 aromatic heterocycles. The van der Waals surface area contributed by atoms with Gasteiger partial charge in [-0.25, -0.2) is 4.39 Å². The lowest BCUT2D eigenvalue weighted by molar-refractivity contribution is -0.123. The number of hydrogen-bond donors (Lipinski definition) is 1. The first-order chi connectivity index (χ1) is 11.6. The summed E-state index contributed by atoms with van der Waals surface area (Å²) in [6, 6.07) is 12.1. The molecular weight excluding hydrogens is 305 g/mol. The first-order valence-corrected chi connectivity index (χ1v) is 8.41. The maximum Gasteiger partial charge on any atom is 0.258 e. The zero-order chi connectivity index (χ0) is 16.9. The first kappa shape index (κ1) is 16.5. The Labute approximate surface area is 141 Å². The molecule has 2 aromatic rings. The van der Waals surface area contributed by atoms with Crippen molar-refractivity contribution in [3.05, 3.63) is 65.0 Å². The molecule has 0 aliphatic heterocycles. The predicted molar refractivity (Wildman–Crippen MR) is 91.5 cm³/mol. The molecule has 1 aliphatic carbocycles. The van der Waals surface area contributed by atoms with Gasteiger partial charge in [0.05, 0.1) is 6.04 Å². The number of fused-ring (bicyclic) bond motifs is 1. The van der Waals surface area contributed by atoms with Crippen LogP contribution in [0, 0.1) is 5.82 Å². The highest BCUT2D eigenvalue weighted by Crippen LogP contribution is 2.24. The van der Waals surface area contributed by atoms with E-state index in [0.717, 1.165) is 18.4 Å². The molecule has 1 unspecified atom stereocenters. The van der Waals surface area contributed by atoms with Gasteiger partial charge in [0.2, 0.25) is 0 Å².